The Bertz CT molecular complexity index is 1390. The van der Waals surface area contributed by atoms with Crippen LogP contribution in [0.3, 0.4) is 0 Å². The Balaban J connectivity index is 1.50. The Labute approximate surface area is 245 Å². The molecule has 4 rings (SSSR count). The van der Waals surface area contributed by atoms with E-state index >= 15 is 0 Å². The summed E-state index contributed by atoms with van der Waals surface area (Å²) in [6.45, 7) is 8.84. The number of esters is 1. The van der Waals surface area contributed by atoms with Gasteiger partial charge in [0.25, 0.3) is 0 Å². The molecule has 2 aliphatic carbocycles. The number of aryl methyl sites for hydroxylation is 1. The van der Waals surface area contributed by atoms with Gasteiger partial charge in [0.15, 0.2) is 5.78 Å². The van der Waals surface area contributed by atoms with Gasteiger partial charge < -0.3 is 9.47 Å². The largest absolute Gasteiger partial charge is 0.486 e. The van der Waals surface area contributed by atoms with Crippen LogP contribution in [0, 0.1) is 5.92 Å². The third kappa shape index (κ3) is 8.07. The van der Waals surface area contributed by atoms with Crippen LogP contribution in [-0.4, -0.2) is 18.4 Å². The second-order valence-corrected chi connectivity index (χ2v) is 11.1. The fraction of sp³-hybridized carbons (Fsp3) is 0.351. The lowest BCUT2D eigenvalue weighted by atomic mass is 9.98. The molecular weight excluding hydrogens is 508 g/mol. The van der Waals surface area contributed by atoms with Crippen molar-refractivity contribution in [3.05, 3.63) is 113 Å². The molecule has 0 fully saturated rings. The molecule has 4 nitrogen and oxygen atoms in total. The third-order valence-corrected chi connectivity index (χ3v) is 7.31. The number of benzene rings is 2. The molecule has 2 aromatic rings. The summed E-state index contributed by atoms with van der Waals surface area (Å²) in [5.74, 6) is 1.18. The first kappa shape index (κ1) is 30.0. The number of carbonyl (C=O) groups excluding carboxylic acids is 2. The first-order valence-corrected chi connectivity index (χ1v) is 15.0. The van der Waals surface area contributed by atoms with E-state index in [1.54, 1.807) is 0 Å². The summed E-state index contributed by atoms with van der Waals surface area (Å²) in [6.07, 6.45) is 4.71. The van der Waals surface area contributed by atoms with Gasteiger partial charge in [-0.25, -0.2) is 0 Å². The van der Waals surface area contributed by atoms with Crippen molar-refractivity contribution in [1.29, 1.82) is 0 Å². The molecular formula is C37H42O4. The van der Waals surface area contributed by atoms with E-state index in [9.17, 15) is 9.59 Å². The van der Waals surface area contributed by atoms with E-state index in [1.807, 2.05) is 67.6 Å². The van der Waals surface area contributed by atoms with E-state index in [0.717, 1.165) is 41.7 Å². The molecule has 4 heteroatoms. The number of hydrogen-bond donors (Lipinski definition) is 0. The van der Waals surface area contributed by atoms with Crippen LogP contribution in [-0.2, 0) is 22.4 Å². The van der Waals surface area contributed by atoms with Crippen LogP contribution in [0.25, 0.3) is 11.1 Å². The van der Waals surface area contributed by atoms with Crippen molar-refractivity contribution in [2.45, 2.75) is 72.3 Å². The molecule has 1 atom stereocenters. The molecule has 0 amide bonds. The molecule has 0 spiro atoms. The quantitative estimate of drug-likeness (QED) is 0.116. The first-order valence-electron chi connectivity index (χ1n) is 15.0. The normalized spacial score (nSPS) is 11.9. The predicted octanol–water partition coefficient (Wildman–Crippen LogP) is 9.03. The van der Waals surface area contributed by atoms with Crippen LogP contribution < -0.4 is 4.74 Å². The van der Waals surface area contributed by atoms with Crippen molar-refractivity contribution in [3.8, 4) is 16.9 Å². The second kappa shape index (κ2) is 14.6. The van der Waals surface area contributed by atoms with Crippen molar-refractivity contribution in [2.24, 2.45) is 5.92 Å². The maximum absolute atomic E-state index is 13.7. The molecule has 0 saturated heterocycles. The maximum Gasteiger partial charge on any atom is 0.305 e. The number of carbonyl (C=O) groups is 2. The molecule has 0 aliphatic heterocycles. The van der Waals surface area contributed by atoms with Crippen LogP contribution in [0.15, 0.2) is 84.9 Å². The van der Waals surface area contributed by atoms with E-state index in [0.29, 0.717) is 42.9 Å². The Kier molecular flexibility index (Phi) is 10.7. The lowest BCUT2D eigenvalue weighted by Crippen LogP contribution is -2.08. The van der Waals surface area contributed by atoms with Gasteiger partial charge in [0.2, 0.25) is 0 Å². The molecule has 0 aromatic heterocycles. The van der Waals surface area contributed by atoms with Crippen LogP contribution in [0.1, 0.15) is 92.1 Å². The van der Waals surface area contributed by atoms with Gasteiger partial charge in [-0.1, -0.05) is 81.8 Å². The predicted molar refractivity (Wildman–Crippen MR) is 166 cm³/mol. The topological polar surface area (TPSA) is 52.6 Å². The second-order valence-electron chi connectivity index (χ2n) is 11.1. The summed E-state index contributed by atoms with van der Waals surface area (Å²) in [5, 5.41) is 0. The Morgan fingerprint density at radius 1 is 0.829 bits per heavy atom. The minimum absolute atomic E-state index is 0.0183. The third-order valence-electron chi connectivity index (χ3n) is 7.31. The summed E-state index contributed by atoms with van der Waals surface area (Å²) in [4.78, 5) is 25.5. The minimum atomic E-state index is -0.183. The molecule has 0 radical (unpaired) electrons. The average molecular weight is 551 g/mol. The highest BCUT2D eigenvalue weighted by Crippen LogP contribution is 2.35. The number of ether oxygens (including phenoxy) is 2. The fourth-order valence-corrected chi connectivity index (χ4v) is 5.34. The summed E-state index contributed by atoms with van der Waals surface area (Å²) in [5.41, 5.74) is 6.87. The van der Waals surface area contributed by atoms with Crippen molar-refractivity contribution in [1.82, 2.24) is 0 Å². The zero-order valence-electron chi connectivity index (χ0n) is 24.8. The number of ketones is 1. The maximum atomic E-state index is 13.7. The van der Waals surface area contributed by atoms with Crippen molar-refractivity contribution < 1.29 is 19.1 Å². The highest BCUT2D eigenvalue weighted by atomic mass is 16.5. The van der Waals surface area contributed by atoms with Crippen LogP contribution >= 0.6 is 0 Å². The highest BCUT2D eigenvalue weighted by molar-refractivity contribution is 6.14. The average Bonchev–Trinajstić information content (AvgIpc) is 3.12. The Morgan fingerprint density at radius 3 is 2.20 bits per heavy atom. The van der Waals surface area contributed by atoms with Gasteiger partial charge in [0, 0.05) is 17.5 Å². The zero-order chi connectivity index (χ0) is 29.2. The van der Waals surface area contributed by atoms with Gasteiger partial charge in [-0.3, -0.25) is 9.59 Å². The van der Waals surface area contributed by atoms with E-state index in [-0.39, 0.29) is 17.9 Å². The van der Waals surface area contributed by atoms with E-state index in [1.165, 1.54) is 11.1 Å². The van der Waals surface area contributed by atoms with E-state index < -0.39 is 0 Å². The molecule has 0 N–H and O–H groups in total. The van der Waals surface area contributed by atoms with E-state index in [4.69, 9.17) is 9.47 Å². The molecule has 0 bridgehead atoms. The van der Waals surface area contributed by atoms with Gasteiger partial charge in [-0.15, -0.1) is 0 Å². The van der Waals surface area contributed by atoms with Gasteiger partial charge in [0.1, 0.15) is 11.9 Å². The summed E-state index contributed by atoms with van der Waals surface area (Å²) in [6, 6.07) is 28.2. The molecule has 2 aliphatic rings. The van der Waals surface area contributed by atoms with Gasteiger partial charge in [0.05, 0.1) is 6.61 Å². The van der Waals surface area contributed by atoms with Gasteiger partial charge in [-0.2, -0.15) is 0 Å². The molecule has 0 saturated carbocycles. The molecule has 41 heavy (non-hydrogen) atoms. The van der Waals surface area contributed by atoms with Crippen LogP contribution in [0.2, 0.25) is 0 Å². The highest BCUT2D eigenvalue weighted by Gasteiger charge is 2.21. The van der Waals surface area contributed by atoms with Gasteiger partial charge in [-0.05, 0) is 96.7 Å². The van der Waals surface area contributed by atoms with Crippen molar-refractivity contribution >= 4 is 11.8 Å². The summed E-state index contributed by atoms with van der Waals surface area (Å²) >= 11 is 0. The molecule has 0 unspecified atom stereocenters. The molecule has 214 valence electrons. The summed E-state index contributed by atoms with van der Waals surface area (Å²) < 4.78 is 11.5. The number of fused-ring (bicyclic) bond motifs is 1. The number of hydrogen-bond acceptors (Lipinski definition) is 4. The lowest BCUT2D eigenvalue weighted by molar-refractivity contribution is -0.143. The SMILES string of the molecule is CCC[C@H](Oc1ccc(C(=O)c2cc(CCCC(=O)OCC)c3cccccc2-3)cc1)c1ccc(CC(C)C)cc1. The first-order chi connectivity index (χ1) is 19.9. The monoisotopic (exact) mass is 550 g/mol. The standard InChI is InChI=1S/C37H42O4/c1-5-11-35(28-18-16-27(17-19-28)24-26(3)4)41-31-22-20-29(21-23-31)37(39)34-25-30(12-10-15-36(38)40-6-2)32-13-8-7-9-14-33(32)34/h7-9,13-14,16-23,25-26,35H,5-6,10-12,15,24H2,1-4H3/t35-/m0/s1. The smallest absolute Gasteiger partial charge is 0.305 e. The zero-order valence-corrected chi connectivity index (χ0v) is 24.8. The molecule has 0 heterocycles. The van der Waals surface area contributed by atoms with Crippen LogP contribution in [0.5, 0.6) is 5.75 Å². The number of rotatable bonds is 14. The van der Waals surface area contributed by atoms with Crippen molar-refractivity contribution in [2.75, 3.05) is 6.61 Å². The minimum Gasteiger partial charge on any atom is -0.486 e. The molecule has 2 aromatic carbocycles. The summed E-state index contributed by atoms with van der Waals surface area (Å²) in [7, 11) is 0. The van der Waals surface area contributed by atoms with E-state index in [2.05, 4.69) is 45.0 Å². The Hall–Kier alpha value is -3.92. The van der Waals surface area contributed by atoms with Crippen molar-refractivity contribution in [3.63, 3.8) is 0 Å². The fourth-order valence-electron chi connectivity index (χ4n) is 5.34. The lowest BCUT2D eigenvalue weighted by Gasteiger charge is -2.20. The Morgan fingerprint density at radius 2 is 1.54 bits per heavy atom. The van der Waals surface area contributed by atoms with Crippen LogP contribution in [0.4, 0.5) is 0 Å². The van der Waals surface area contributed by atoms with Gasteiger partial charge >= 0.3 is 5.97 Å².